The Morgan fingerprint density at radius 2 is 1.59 bits per heavy atom. The first kappa shape index (κ1) is 11.7. The van der Waals surface area contributed by atoms with Crippen LogP contribution in [0.1, 0.15) is 7.43 Å². The lowest BCUT2D eigenvalue weighted by Crippen LogP contribution is -1.79. The zero-order valence-corrected chi connectivity index (χ0v) is 9.20. The Labute approximate surface area is 105 Å². The van der Waals surface area contributed by atoms with Crippen LogP contribution < -0.4 is 0 Å². The lowest BCUT2D eigenvalue weighted by molar-refractivity contribution is 0.488. The second-order valence-corrected chi connectivity index (χ2v) is 4.19. The number of fused-ring (bicyclic) bond motifs is 2. The molecule has 0 aliphatic rings. The molecule has 0 atom stereocenters. The fourth-order valence-electron chi connectivity index (χ4n) is 2.05. The number of hydrogen-bond acceptors (Lipinski definition) is 1. The van der Waals surface area contributed by atoms with Gasteiger partial charge in [-0.05, 0) is 22.9 Å². The number of halogens is 1. The first-order valence-corrected chi connectivity index (χ1v) is 5.44. The van der Waals surface area contributed by atoms with E-state index in [2.05, 4.69) is 0 Å². The predicted octanol–water partition coefficient (Wildman–Crippen LogP) is 4.99. The Balaban J connectivity index is 0.00000108. The molecule has 3 aromatic rings. The molecule has 86 valence electrons. The highest BCUT2D eigenvalue weighted by molar-refractivity contribution is 6.36. The molecule has 2 heteroatoms. The van der Waals surface area contributed by atoms with Crippen molar-refractivity contribution in [2.24, 2.45) is 0 Å². The van der Waals surface area contributed by atoms with Crippen LogP contribution in [0.2, 0.25) is 5.02 Å². The molecule has 0 fully saturated rings. The Hall–Kier alpha value is -1.73. The topological polar surface area (TPSA) is 20.2 Å². The maximum atomic E-state index is 10.2. The van der Waals surface area contributed by atoms with E-state index in [1.54, 1.807) is 6.07 Å². The Bertz CT molecular complexity index is 689. The lowest BCUT2D eigenvalue weighted by Gasteiger charge is -2.07. The summed E-state index contributed by atoms with van der Waals surface area (Å²) in [4.78, 5) is 0. The van der Waals surface area contributed by atoms with Crippen molar-refractivity contribution in [1.29, 1.82) is 0 Å². The second-order valence-electron chi connectivity index (χ2n) is 3.78. The molecule has 3 aromatic carbocycles. The number of aromatic hydroxyl groups is 1. The van der Waals surface area contributed by atoms with Gasteiger partial charge in [-0.3, -0.25) is 0 Å². The van der Waals surface area contributed by atoms with Gasteiger partial charge in [-0.15, -0.1) is 0 Å². The average molecular weight is 245 g/mol. The van der Waals surface area contributed by atoms with Crippen LogP contribution in [0.5, 0.6) is 5.75 Å². The SMILES string of the molecule is C.Oc1c2ccccc2cc2cccc(Cl)c12. The quantitative estimate of drug-likeness (QED) is 0.553. The molecule has 0 spiro atoms. The maximum Gasteiger partial charge on any atom is 0.132 e. The maximum absolute atomic E-state index is 10.2. The van der Waals surface area contributed by atoms with Gasteiger partial charge < -0.3 is 5.11 Å². The summed E-state index contributed by atoms with van der Waals surface area (Å²) in [5, 5.41) is 14.3. The lowest BCUT2D eigenvalue weighted by atomic mass is 10.0. The molecule has 1 N–H and O–H groups in total. The van der Waals surface area contributed by atoms with E-state index in [4.69, 9.17) is 11.6 Å². The van der Waals surface area contributed by atoms with Crippen LogP contribution in [0.15, 0.2) is 48.5 Å². The highest BCUT2D eigenvalue weighted by Gasteiger charge is 2.08. The van der Waals surface area contributed by atoms with Gasteiger partial charge in [-0.2, -0.15) is 0 Å². The van der Waals surface area contributed by atoms with Crippen molar-refractivity contribution in [1.82, 2.24) is 0 Å². The highest BCUT2D eigenvalue weighted by atomic mass is 35.5. The van der Waals surface area contributed by atoms with Crippen LogP contribution in [0.3, 0.4) is 0 Å². The Morgan fingerprint density at radius 3 is 2.41 bits per heavy atom. The van der Waals surface area contributed by atoms with Crippen molar-refractivity contribution in [3.63, 3.8) is 0 Å². The van der Waals surface area contributed by atoms with Crippen LogP contribution in [-0.2, 0) is 0 Å². The van der Waals surface area contributed by atoms with Crippen LogP contribution in [0.25, 0.3) is 21.5 Å². The normalized spacial score (nSPS) is 10.4. The first-order valence-electron chi connectivity index (χ1n) is 5.06. The van der Waals surface area contributed by atoms with Crippen LogP contribution in [0.4, 0.5) is 0 Å². The summed E-state index contributed by atoms with van der Waals surface area (Å²) in [5.41, 5.74) is 0. The summed E-state index contributed by atoms with van der Waals surface area (Å²) in [7, 11) is 0. The van der Waals surface area contributed by atoms with Crippen molar-refractivity contribution in [3.8, 4) is 5.75 Å². The zero-order valence-electron chi connectivity index (χ0n) is 8.44. The van der Waals surface area contributed by atoms with Crippen molar-refractivity contribution in [2.75, 3.05) is 0 Å². The van der Waals surface area contributed by atoms with E-state index < -0.39 is 0 Å². The van der Waals surface area contributed by atoms with Gasteiger partial charge in [0.15, 0.2) is 0 Å². The standard InChI is InChI=1S/C14H9ClO.CH4/c15-12-7-3-5-10-8-9-4-1-2-6-11(9)14(16)13(10)12;/h1-8,16H;1H4. The number of benzene rings is 3. The van der Waals surface area contributed by atoms with Crippen molar-refractivity contribution in [2.45, 2.75) is 7.43 Å². The summed E-state index contributed by atoms with van der Waals surface area (Å²) in [6.07, 6.45) is 0. The predicted molar refractivity (Wildman–Crippen MR) is 74.9 cm³/mol. The molecule has 1 nitrogen and oxygen atoms in total. The van der Waals surface area contributed by atoms with Crippen molar-refractivity contribution in [3.05, 3.63) is 53.6 Å². The van der Waals surface area contributed by atoms with Gasteiger partial charge in [0.25, 0.3) is 0 Å². The summed E-state index contributed by atoms with van der Waals surface area (Å²) >= 11 is 6.10. The van der Waals surface area contributed by atoms with Gasteiger partial charge in [0.1, 0.15) is 5.75 Å². The highest BCUT2D eigenvalue weighted by Crippen LogP contribution is 2.37. The largest absolute Gasteiger partial charge is 0.507 e. The smallest absolute Gasteiger partial charge is 0.132 e. The van der Waals surface area contributed by atoms with E-state index in [9.17, 15) is 5.11 Å². The van der Waals surface area contributed by atoms with Gasteiger partial charge in [-0.1, -0.05) is 55.4 Å². The molecular formula is C15H13ClO. The number of phenolic OH excluding ortho intramolecular Hbond substituents is 1. The minimum atomic E-state index is 0. The van der Waals surface area contributed by atoms with Gasteiger partial charge in [-0.25, -0.2) is 0 Å². The van der Waals surface area contributed by atoms with Crippen LogP contribution in [0, 0.1) is 0 Å². The molecule has 0 radical (unpaired) electrons. The molecule has 0 aliphatic heterocycles. The molecule has 17 heavy (non-hydrogen) atoms. The second kappa shape index (κ2) is 4.27. The van der Waals surface area contributed by atoms with Gasteiger partial charge in [0.05, 0.1) is 5.02 Å². The third kappa shape index (κ3) is 1.73. The molecule has 0 aliphatic carbocycles. The molecular weight excluding hydrogens is 232 g/mol. The Kier molecular flexibility index (Phi) is 2.95. The molecule has 0 saturated heterocycles. The fourth-order valence-corrected chi connectivity index (χ4v) is 2.32. The first-order chi connectivity index (χ1) is 7.77. The number of phenols is 1. The fraction of sp³-hybridized carbons (Fsp3) is 0.0667. The number of rotatable bonds is 0. The van der Waals surface area contributed by atoms with Gasteiger partial charge in [0, 0.05) is 10.8 Å². The van der Waals surface area contributed by atoms with Crippen molar-refractivity contribution >= 4 is 33.1 Å². The van der Waals surface area contributed by atoms with E-state index in [0.717, 1.165) is 21.5 Å². The zero-order chi connectivity index (χ0) is 11.1. The minimum absolute atomic E-state index is 0. The van der Waals surface area contributed by atoms with Gasteiger partial charge >= 0.3 is 0 Å². The van der Waals surface area contributed by atoms with E-state index in [0.29, 0.717) is 5.02 Å². The molecule has 3 rings (SSSR count). The molecule has 0 heterocycles. The molecule has 0 unspecified atom stereocenters. The van der Waals surface area contributed by atoms with Crippen molar-refractivity contribution < 1.29 is 5.11 Å². The summed E-state index contributed by atoms with van der Waals surface area (Å²) in [6.45, 7) is 0. The third-order valence-corrected chi connectivity index (χ3v) is 3.12. The molecule has 0 aromatic heterocycles. The third-order valence-electron chi connectivity index (χ3n) is 2.81. The van der Waals surface area contributed by atoms with E-state index in [1.807, 2.05) is 42.5 Å². The summed E-state index contributed by atoms with van der Waals surface area (Å²) in [5.74, 6) is 0.263. The van der Waals surface area contributed by atoms with Crippen LogP contribution in [-0.4, -0.2) is 5.11 Å². The average Bonchev–Trinajstić information content (AvgIpc) is 2.29. The molecule has 0 saturated carbocycles. The summed E-state index contributed by atoms with van der Waals surface area (Å²) in [6, 6.07) is 15.4. The minimum Gasteiger partial charge on any atom is -0.507 e. The number of hydrogen-bond donors (Lipinski definition) is 1. The molecule has 0 amide bonds. The monoisotopic (exact) mass is 244 g/mol. The van der Waals surface area contributed by atoms with E-state index in [-0.39, 0.29) is 13.2 Å². The van der Waals surface area contributed by atoms with Crippen LogP contribution >= 0.6 is 11.6 Å². The van der Waals surface area contributed by atoms with E-state index in [1.165, 1.54) is 0 Å². The summed E-state index contributed by atoms with van der Waals surface area (Å²) < 4.78 is 0. The molecule has 0 bridgehead atoms. The van der Waals surface area contributed by atoms with E-state index >= 15 is 0 Å². The van der Waals surface area contributed by atoms with Gasteiger partial charge in [0.2, 0.25) is 0 Å². The Morgan fingerprint density at radius 1 is 0.882 bits per heavy atom.